The van der Waals surface area contributed by atoms with E-state index in [4.69, 9.17) is 9.47 Å². The van der Waals surface area contributed by atoms with Crippen molar-refractivity contribution < 1.29 is 9.47 Å². The smallest absolute Gasteiger partial charge is 0.231 e. The van der Waals surface area contributed by atoms with Crippen LogP contribution in [0.15, 0.2) is 30.3 Å². The minimum absolute atomic E-state index is 0.334. The second-order valence-electron chi connectivity index (χ2n) is 4.42. The molecule has 0 saturated carbocycles. The number of benzene rings is 1. The minimum Gasteiger partial charge on any atom is -0.454 e. The number of hydrogen-bond donors (Lipinski definition) is 0. The van der Waals surface area contributed by atoms with Crippen LogP contribution in [-0.4, -0.2) is 6.79 Å². The van der Waals surface area contributed by atoms with E-state index >= 15 is 0 Å². The van der Waals surface area contributed by atoms with Gasteiger partial charge in [-0.25, -0.2) is 0 Å². The maximum absolute atomic E-state index is 5.40. The second-order valence-corrected chi connectivity index (χ2v) is 5.54. The fourth-order valence-corrected chi connectivity index (χ4v) is 2.87. The summed E-state index contributed by atoms with van der Waals surface area (Å²) in [7, 11) is 0. The van der Waals surface area contributed by atoms with Crippen molar-refractivity contribution in [1.29, 1.82) is 0 Å². The Hall–Kier alpha value is -1.48. The van der Waals surface area contributed by atoms with Gasteiger partial charge in [0.2, 0.25) is 6.79 Å². The van der Waals surface area contributed by atoms with Crippen molar-refractivity contribution in [1.82, 2.24) is 0 Å². The van der Waals surface area contributed by atoms with E-state index in [-0.39, 0.29) is 0 Å². The quantitative estimate of drug-likeness (QED) is 0.788. The molecule has 0 spiro atoms. The summed E-state index contributed by atoms with van der Waals surface area (Å²) >= 11 is 1.84. The molecule has 3 rings (SSSR count). The predicted molar refractivity (Wildman–Crippen MR) is 70.0 cm³/mol. The molecule has 1 aliphatic heterocycles. The minimum atomic E-state index is 0.334. The predicted octanol–water partition coefficient (Wildman–Crippen LogP) is 4.27. The Morgan fingerprint density at radius 2 is 1.88 bits per heavy atom. The van der Waals surface area contributed by atoms with Gasteiger partial charge in [0.25, 0.3) is 0 Å². The largest absolute Gasteiger partial charge is 0.454 e. The molecule has 0 fully saturated rings. The maximum Gasteiger partial charge on any atom is 0.231 e. The van der Waals surface area contributed by atoms with Crippen LogP contribution in [-0.2, 0) is 0 Å². The molecule has 0 amide bonds. The molecule has 2 aromatic rings. The van der Waals surface area contributed by atoms with Gasteiger partial charge in [0.1, 0.15) is 0 Å². The maximum atomic E-state index is 5.40. The number of thiophene rings is 1. The van der Waals surface area contributed by atoms with Crippen molar-refractivity contribution in [2.24, 2.45) is 0 Å². The zero-order chi connectivity index (χ0) is 11.8. The highest BCUT2D eigenvalue weighted by atomic mass is 32.1. The normalized spacial score (nSPS) is 13.4. The molecule has 17 heavy (non-hydrogen) atoms. The van der Waals surface area contributed by atoms with E-state index in [1.54, 1.807) is 0 Å². The average Bonchev–Trinajstić information content (AvgIpc) is 2.97. The first kappa shape index (κ1) is 10.7. The van der Waals surface area contributed by atoms with Crippen molar-refractivity contribution in [3.05, 3.63) is 35.2 Å². The lowest BCUT2D eigenvalue weighted by Crippen LogP contribution is -1.92. The van der Waals surface area contributed by atoms with Gasteiger partial charge in [0.05, 0.1) is 0 Å². The number of rotatable bonds is 2. The second kappa shape index (κ2) is 4.08. The molecule has 2 heterocycles. The summed E-state index contributed by atoms with van der Waals surface area (Å²) in [5.74, 6) is 2.28. The molecule has 0 unspecified atom stereocenters. The highest BCUT2D eigenvalue weighted by molar-refractivity contribution is 7.15. The van der Waals surface area contributed by atoms with Crippen LogP contribution in [0.25, 0.3) is 10.4 Å². The van der Waals surface area contributed by atoms with Crippen molar-refractivity contribution in [3.63, 3.8) is 0 Å². The summed E-state index contributed by atoms with van der Waals surface area (Å²) in [6.45, 7) is 4.77. The summed E-state index contributed by atoms with van der Waals surface area (Å²) in [6, 6.07) is 10.5. The molecule has 1 aromatic heterocycles. The van der Waals surface area contributed by atoms with E-state index in [9.17, 15) is 0 Å². The highest BCUT2D eigenvalue weighted by Gasteiger charge is 2.14. The van der Waals surface area contributed by atoms with Gasteiger partial charge < -0.3 is 9.47 Å². The standard InChI is InChI=1S/C14H14O2S/c1-9(2)13-5-6-14(17-13)10-3-4-11-12(7-10)16-8-15-11/h3-7,9H,8H2,1-2H3. The van der Waals surface area contributed by atoms with Crippen LogP contribution in [0, 0.1) is 0 Å². The first-order valence-electron chi connectivity index (χ1n) is 5.74. The Balaban J connectivity index is 1.97. The molecule has 0 bridgehead atoms. The van der Waals surface area contributed by atoms with Gasteiger partial charge >= 0.3 is 0 Å². The fourth-order valence-electron chi connectivity index (χ4n) is 1.87. The van der Waals surface area contributed by atoms with Gasteiger partial charge in [0.15, 0.2) is 11.5 Å². The van der Waals surface area contributed by atoms with Gasteiger partial charge in [-0.1, -0.05) is 13.8 Å². The Morgan fingerprint density at radius 1 is 1.06 bits per heavy atom. The van der Waals surface area contributed by atoms with Crippen LogP contribution < -0.4 is 9.47 Å². The first-order valence-corrected chi connectivity index (χ1v) is 6.55. The van der Waals surface area contributed by atoms with Crippen molar-refractivity contribution in [3.8, 4) is 21.9 Å². The van der Waals surface area contributed by atoms with Crippen LogP contribution in [0.1, 0.15) is 24.6 Å². The van der Waals surface area contributed by atoms with Gasteiger partial charge in [-0.05, 0) is 41.8 Å². The summed E-state index contributed by atoms with van der Waals surface area (Å²) in [5, 5.41) is 0. The summed E-state index contributed by atoms with van der Waals surface area (Å²) in [6.07, 6.45) is 0. The third-order valence-electron chi connectivity index (χ3n) is 2.85. The Bertz CT molecular complexity index is 543. The third kappa shape index (κ3) is 1.91. The SMILES string of the molecule is CC(C)c1ccc(-c2ccc3c(c2)OCO3)s1. The van der Waals surface area contributed by atoms with Crippen molar-refractivity contribution in [2.45, 2.75) is 19.8 Å². The van der Waals surface area contributed by atoms with Crippen LogP contribution in [0.5, 0.6) is 11.5 Å². The molecular weight excluding hydrogens is 232 g/mol. The summed E-state index contributed by atoms with van der Waals surface area (Å²) < 4.78 is 10.7. The number of ether oxygens (including phenoxy) is 2. The zero-order valence-electron chi connectivity index (χ0n) is 9.90. The van der Waals surface area contributed by atoms with E-state index in [1.165, 1.54) is 15.3 Å². The Morgan fingerprint density at radius 3 is 2.65 bits per heavy atom. The Labute approximate surface area is 105 Å². The molecule has 2 nitrogen and oxygen atoms in total. The average molecular weight is 246 g/mol. The molecule has 0 aliphatic carbocycles. The van der Waals surface area contributed by atoms with Crippen LogP contribution in [0.4, 0.5) is 0 Å². The lowest BCUT2D eigenvalue weighted by atomic mass is 10.1. The van der Waals surface area contributed by atoms with E-state index < -0.39 is 0 Å². The monoisotopic (exact) mass is 246 g/mol. The third-order valence-corrected chi connectivity index (χ3v) is 4.29. The van der Waals surface area contributed by atoms with E-state index in [2.05, 4.69) is 38.1 Å². The van der Waals surface area contributed by atoms with Crippen molar-refractivity contribution >= 4 is 11.3 Å². The molecule has 88 valence electrons. The van der Waals surface area contributed by atoms with E-state index in [1.807, 2.05) is 17.4 Å². The molecule has 3 heteroatoms. The lowest BCUT2D eigenvalue weighted by Gasteiger charge is -2.01. The molecule has 0 atom stereocenters. The molecule has 0 radical (unpaired) electrons. The molecule has 1 aromatic carbocycles. The Kier molecular flexibility index (Phi) is 2.56. The van der Waals surface area contributed by atoms with E-state index in [0.717, 1.165) is 11.5 Å². The lowest BCUT2D eigenvalue weighted by molar-refractivity contribution is 0.174. The summed E-state index contributed by atoms with van der Waals surface area (Å²) in [4.78, 5) is 2.70. The van der Waals surface area contributed by atoms with Crippen LogP contribution in [0.2, 0.25) is 0 Å². The highest BCUT2D eigenvalue weighted by Crippen LogP contribution is 2.38. The molecule has 0 saturated heterocycles. The topological polar surface area (TPSA) is 18.5 Å². The van der Waals surface area contributed by atoms with Gasteiger partial charge in [0, 0.05) is 9.75 Å². The molecule has 0 N–H and O–H groups in total. The van der Waals surface area contributed by atoms with E-state index in [0.29, 0.717) is 12.7 Å². The van der Waals surface area contributed by atoms with Crippen LogP contribution in [0.3, 0.4) is 0 Å². The molecule has 1 aliphatic rings. The number of hydrogen-bond acceptors (Lipinski definition) is 3. The fraction of sp³-hybridized carbons (Fsp3) is 0.286. The zero-order valence-corrected chi connectivity index (χ0v) is 10.7. The first-order chi connectivity index (χ1) is 8.24. The van der Waals surface area contributed by atoms with Gasteiger partial charge in [-0.15, -0.1) is 11.3 Å². The summed E-state index contributed by atoms with van der Waals surface area (Å²) in [5.41, 5.74) is 1.20. The number of fused-ring (bicyclic) bond motifs is 1. The molecular formula is C14H14O2S. The van der Waals surface area contributed by atoms with Gasteiger partial charge in [-0.3, -0.25) is 0 Å². The van der Waals surface area contributed by atoms with Crippen LogP contribution >= 0.6 is 11.3 Å². The van der Waals surface area contributed by atoms with Crippen molar-refractivity contribution in [2.75, 3.05) is 6.79 Å². The van der Waals surface area contributed by atoms with Gasteiger partial charge in [-0.2, -0.15) is 0 Å².